The predicted molar refractivity (Wildman–Crippen MR) is 97.7 cm³/mol. The van der Waals surface area contributed by atoms with E-state index in [4.69, 9.17) is 0 Å². The van der Waals surface area contributed by atoms with Crippen molar-refractivity contribution in [2.24, 2.45) is 5.92 Å². The van der Waals surface area contributed by atoms with E-state index in [1.807, 2.05) is 35.2 Å². The number of hydrogen-bond donors (Lipinski definition) is 0. The highest BCUT2D eigenvalue weighted by molar-refractivity contribution is 6.05. The standard InChI is InChI=1S/C20H23N3O2/c1-15-11-13-23(14-12-15)20(25)18-10-6-9-17(21-18)19(24)22(2)16-7-4-3-5-8-16/h3-10,15H,11-14H2,1-2H3. The van der Waals surface area contributed by atoms with Crippen molar-refractivity contribution in [3.63, 3.8) is 0 Å². The molecule has 0 aliphatic carbocycles. The second kappa shape index (κ2) is 7.47. The monoisotopic (exact) mass is 337 g/mol. The molecule has 1 fully saturated rings. The van der Waals surface area contributed by atoms with Gasteiger partial charge >= 0.3 is 0 Å². The lowest BCUT2D eigenvalue weighted by atomic mass is 9.99. The highest BCUT2D eigenvalue weighted by atomic mass is 16.2. The summed E-state index contributed by atoms with van der Waals surface area (Å²) in [5.74, 6) is 0.335. The quantitative estimate of drug-likeness (QED) is 0.864. The highest BCUT2D eigenvalue weighted by Crippen LogP contribution is 2.18. The van der Waals surface area contributed by atoms with Gasteiger partial charge in [-0.1, -0.05) is 31.2 Å². The van der Waals surface area contributed by atoms with Gasteiger partial charge in [0.1, 0.15) is 11.4 Å². The number of carbonyl (C=O) groups is 2. The molecule has 1 aliphatic heterocycles. The van der Waals surface area contributed by atoms with Crippen molar-refractivity contribution in [2.75, 3.05) is 25.0 Å². The SMILES string of the molecule is CC1CCN(C(=O)c2cccc(C(=O)N(C)c3ccccc3)n2)CC1. The van der Waals surface area contributed by atoms with Gasteiger partial charge in [0.05, 0.1) is 0 Å². The van der Waals surface area contributed by atoms with Crippen LogP contribution in [0.1, 0.15) is 40.7 Å². The van der Waals surface area contributed by atoms with Crippen molar-refractivity contribution in [1.82, 2.24) is 9.88 Å². The van der Waals surface area contributed by atoms with Gasteiger partial charge in [-0.2, -0.15) is 0 Å². The molecule has 1 aliphatic rings. The molecule has 0 radical (unpaired) electrons. The Morgan fingerprint density at radius 2 is 1.64 bits per heavy atom. The van der Waals surface area contributed by atoms with Crippen LogP contribution in [0.15, 0.2) is 48.5 Å². The highest BCUT2D eigenvalue weighted by Gasteiger charge is 2.23. The van der Waals surface area contributed by atoms with Gasteiger partial charge < -0.3 is 9.80 Å². The van der Waals surface area contributed by atoms with Gasteiger partial charge in [-0.05, 0) is 43.0 Å². The van der Waals surface area contributed by atoms with Gasteiger partial charge in [0.25, 0.3) is 11.8 Å². The fourth-order valence-corrected chi connectivity index (χ4v) is 2.99. The van der Waals surface area contributed by atoms with Crippen molar-refractivity contribution in [2.45, 2.75) is 19.8 Å². The topological polar surface area (TPSA) is 53.5 Å². The van der Waals surface area contributed by atoms with Gasteiger partial charge in [-0.25, -0.2) is 4.98 Å². The van der Waals surface area contributed by atoms with E-state index < -0.39 is 0 Å². The molecule has 0 unspecified atom stereocenters. The van der Waals surface area contributed by atoms with E-state index in [9.17, 15) is 9.59 Å². The summed E-state index contributed by atoms with van der Waals surface area (Å²) in [5, 5.41) is 0. The molecule has 2 aromatic rings. The Kier molecular flexibility index (Phi) is 5.12. The molecule has 25 heavy (non-hydrogen) atoms. The van der Waals surface area contributed by atoms with Crippen LogP contribution in [0.4, 0.5) is 5.69 Å². The summed E-state index contributed by atoms with van der Waals surface area (Å²) < 4.78 is 0. The second-order valence-electron chi connectivity index (χ2n) is 6.58. The van der Waals surface area contributed by atoms with Gasteiger partial charge in [0, 0.05) is 25.8 Å². The maximum atomic E-state index is 12.7. The molecule has 5 nitrogen and oxygen atoms in total. The first-order chi connectivity index (χ1) is 12.1. The minimum atomic E-state index is -0.229. The van der Waals surface area contributed by atoms with Gasteiger partial charge in [0.2, 0.25) is 0 Å². The van der Waals surface area contributed by atoms with E-state index in [1.54, 1.807) is 30.1 Å². The van der Waals surface area contributed by atoms with Crippen LogP contribution >= 0.6 is 0 Å². The van der Waals surface area contributed by atoms with E-state index in [0.717, 1.165) is 31.6 Å². The molecule has 0 spiro atoms. The zero-order chi connectivity index (χ0) is 17.8. The molecular formula is C20H23N3O2. The van der Waals surface area contributed by atoms with E-state index in [2.05, 4.69) is 11.9 Å². The molecule has 5 heteroatoms. The lowest BCUT2D eigenvalue weighted by Gasteiger charge is -2.30. The fourth-order valence-electron chi connectivity index (χ4n) is 2.99. The number of likely N-dealkylation sites (tertiary alicyclic amines) is 1. The summed E-state index contributed by atoms with van der Waals surface area (Å²) in [6.45, 7) is 3.71. The van der Waals surface area contributed by atoms with E-state index in [0.29, 0.717) is 11.6 Å². The lowest BCUT2D eigenvalue weighted by molar-refractivity contribution is 0.0691. The van der Waals surface area contributed by atoms with Crippen LogP contribution in [-0.2, 0) is 0 Å². The summed E-state index contributed by atoms with van der Waals surface area (Å²) in [7, 11) is 1.71. The Morgan fingerprint density at radius 3 is 2.32 bits per heavy atom. The Balaban J connectivity index is 1.77. The minimum Gasteiger partial charge on any atom is -0.337 e. The molecule has 0 bridgehead atoms. The summed E-state index contributed by atoms with van der Waals surface area (Å²) in [6.07, 6.45) is 2.03. The molecular weight excluding hydrogens is 314 g/mol. The van der Waals surface area contributed by atoms with Crippen LogP contribution < -0.4 is 4.90 Å². The normalized spacial score (nSPS) is 15.0. The third kappa shape index (κ3) is 3.87. The number of amides is 2. The Labute approximate surface area is 148 Å². The van der Waals surface area contributed by atoms with E-state index >= 15 is 0 Å². The maximum Gasteiger partial charge on any atom is 0.276 e. The third-order valence-corrected chi connectivity index (χ3v) is 4.71. The van der Waals surface area contributed by atoms with Crippen molar-refractivity contribution < 1.29 is 9.59 Å². The molecule has 0 saturated carbocycles. The Hall–Kier alpha value is -2.69. The zero-order valence-corrected chi connectivity index (χ0v) is 14.7. The number of rotatable bonds is 3. The Bertz CT molecular complexity index is 753. The summed E-state index contributed by atoms with van der Waals surface area (Å²) in [6, 6.07) is 14.4. The number of hydrogen-bond acceptors (Lipinski definition) is 3. The zero-order valence-electron chi connectivity index (χ0n) is 14.7. The number of carbonyl (C=O) groups excluding carboxylic acids is 2. The van der Waals surface area contributed by atoms with Crippen LogP contribution in [0.3, 0.4) is 0 Å². The maximum absolute atomic E-state index is 12.7. The number of nitrogens with zero attached hydrogens (tertiary/aromatic N) is 3. The van der Waals surface area contributed by atoms with Crippen molar-refractivity contribution in [3.8, 4) is 0 Å². The molecule has 2 heterocycles. The number of aromatic nitrogens is 1. The lowest BCUT2D eigenvalue weighted by Crippen LogP contribution is -2.38. The summed E-state index contributed by atoms with van der Waals surface area (Å²) >= 11 is 0. The third-order valence-electron chi connectivity index (χ3n) is 4.71. The second-order valence-corrected chi connectivity index (χ2v) is 6.58. The van der Waals surface area contributed by atoms with Crippen molar-refractivity contribution in [3.05, 3.63) is 59.9 Å². The molecule has 3 rings (SSSR count). The molecule has 130 valence electrons. The first-order valence-electron chi connectivity index (χ1n) is 8.65. The summed E-state index contributed by atoms with van der Waals surface area (Å²) in [4.78, 5) is 33.0. The molecule has 1 aromatic heterocycles. The van der Waals surface area contributed by atoms with E-state index in [1.165, 1.54) is 0 Å². The van der Waals surface area contributed by atoms with E-state index in [-0.39, 0.29) is 17.5 Å². The number of benzene rings is 1. The number of piperidine rings is 1. The molecule has 0 N–H and O–H groups in total. The van der Waals surface area contributed by atoms with Crippen LogP contribution in [0.5, 0.6) is 0 Å². The van der Waals surface area contributed by atoms with Gasteiger partial charge in [-0.15, -0.1) is 0 Å². The first-order valence-corrected chi connectivity index (χ1v) is 8.65. The first kappa shape index (κ1) is 17.1. The smallest absolute Gasteiger partial charge is 0.276 e. The number of para-hydroxylation sites is 1. The van der Waals surface area contributed by atoms with Gasteiger partial charge in [0.15, 0.2) is 0 Å². The molecule has 0 atom stereocenters. The van der Waals surface area contributed by atoms with Crippen LogP contribution in [0, 0.1) is 5.92 Å². The van der Waals surface area contributed by atoms with Crippen molar-refractivity contribution >= 4 is 17.5 Å². The van der Waals surface area contributed by atoms with Crippen LogP contribution in [-0.4, -0.2) is 41.8 Å². The largest absolute Gasteiger partial charge is 0.337 e. The minimum absolute atomic E-state index is 0.0936. The van der Waals surface area contributed by atoms with Crippen molar-refractivity contribution in [1.29, 1.82) is 0 Å². The average Bonchev–Trinajstić information content (AvgIpc) is 2.67. The summed E-state index contributed by atoms with van der Waals surface area (Å²) in [5.41, 5.74) is 1.40. The van der Waals surface area contributed by atoms with Crippen LogP contribution in [0.25, 0.3) is 0 Å². The van der Waals surface area contributed by atoms with Crippen LogP contribution in [0.2, 0.25) is 0 Å². The molecule has 2 amide bonds. The van der Waals surface area contributed by atoms with Gasteiger partial charge in [-0.3, -0.25) is 9.59 Å². The number of pyridine rings is 1. The Morgan fingerprint density at radius 1 is 1.00 bits per heavy atom. The average molecular weight is 337 g/mol. The fraction of sp³-hybridized carbons (Fsp3) is 0.350. The number of anilines is 1. The predicted octanol–water partition coefficient (Wildman–Crippen LogP) is 3.23. The molecule has 1 aromatic carbocycles. The molecule has 1 saturated heterocycles.